The Kier molecular flexibility index (Phi) is 6.99. The third kappa shape index (κ3) is 5.03. The highest BCUT2D eigenvalue weighted by molar-refractivity contribution is 5.99. The van der Waals surface area contributed by atoms with Crippen LogP contribution in [-0.4, -0.2) is 48.7 Å². The van der Waals surface area contributed by atoms with Gasteiger partial charge in [-0.1, -0.05) is 5.16 Å². The fourth-order valence-electron chi connectivity index (χ4n) is 4.83. The molecule has 1 saturated carbocycles. The summed E-state index contributed by atoms with van der Waals surface area (Å²) in [4.78, 5) is 29.7. The van der Waals surface area contributed by atoms with Crippen molar-refractivity contribution in [3.63, 3.8) is 0 Å². The molecule has 11 nitrogen and oxygen atoms in total. The Morgan fingerprint density at radius 2 is 1.86 bits per heavy atom. The zero-order valence-corrected chi connectivity index (χ0v) is 22.1. The van der Waals surface area contributed by atoms with E-state index in [0.29, 0.717) is 22.5 Å². The molecule has 0 aliphatic heterocycles. The molecule has 1 fully saturated rings. The molecule has 3 aromatic rings. The van der Waals surface area contributed by atoms with Crippen LogP contribution in [0.4, 0.5) is 5.69 Å². The smallest absolute Gasteiger partial charge is 0.270 e. The Hall–Kier alpha value is -4.25. The number of hydrogen-bond donors (Lipinski definition) is 0. The van der Waals surface area contributed by atoms with E-state index in [-0.39, 0.29) is 28.8 Å². The number of rotatable bonds is 5. The van der Waals surface area contributed by atoms with Crippen LogP contribution in [0.1, 0.15) is 63.5 Å². The topological polar surface area (TPSA) is 138 Å². The van der Waals surface area contributed by atoms with Crippen molar-refractivity contribution in [2.45, 2.75) is 58.1 Å². The van der Waals surface area contributed by atoms with Crippen molar-refractivity contribution in [3.05, 3.63) is 45.9 Å². The average molecular weight is 502 g/mol. The molecule has 0 unspecified atom stereocenters. The van der Waals surface area contributed by atoms with Crippen molar-refractivity contribution in [1.82, 2.24) is 24.3 Å². The van der Waals surface area contributed by atoms with E-state index in [9.17, 15) is 15.3 Å². The number of pyridine rings is 2. The van der Waals surface area contributed by atoms with Gasteiger partial charge in [-0.15, -0.1) is 0 Å². The van der Waals surface area contributed by atoms with Gasteiger partial charge in [-0.05, 0) is 58.6 Å². The highest BCUT2D eigenvalue weighted by Gasteiger charge is 2.32. The van der Waals surface area contributed by atoms with Gasteiger partial charge in [0.05, 0.1) is 11.2 Å². The number of hydrogen-bond acceptors (Lipinski definition) is 9. The average Bonchev–Trinajstić information content (AvgIpc) is 3.30. The largest absolute Gasteiger partial charge is 0.390 e. The van der Waals surface area contributed by atoms with Gasteiger partial charge in [0.15, 0.2) is 5.82 Å². The van der Waals surface area contributed by atoms with Gasteiger partial charge in [0.2, 0.25) is 0 Å². The zero-order chi connectivity index (χ0) is 26.9. The molecule has 192 valence electrons. The Balaban J connectivity index is 1.66. The minimum Gasteiger partial charge on any atom is -0.390 e. The lowest BCUT2D eigenvalue weighted by atomic mass is 9.82. The molecular formula is C26H31N9O2. The Morgan fingerprint density at radius 3 is 2.43 bits per heavy atom. The summed E-state index contributed by atoms with van der Waals surface area (Å²) in [5, 5.41) is 28.0. The highest BCUT2D eigenvalue weighted by Crippen LogP contribution is 2.35. The first-order valence-corrected chi connectivity index (χ1v) is 12.2. The summed E-state index contributed by atoms with van der Waals surface area (Å²) >= 11 is 0. The summed E-state index contributed by atoms with van der Waals surface area (Å²) < 4.78 is 3.11. The summed E-state index contributed by atoms with van der Waals surface area (Å²) in [7, 11) is 5.34. The number of aryl methyl sites for hydroxylation is 2. The molecule has 0 radical (unpaired) electrons. The van der Waals surface area contributed by atoms with Gasteiger partial charge in [0, 0.05) is 33.1 Å². The molecule has 0 bridgehead atoms. The first kappa shape index (κ1) is 25.8. The molecule has 3 aromatic heterocycles. The van der Waals surface area contributed by atoms with Crippen LogP contribution in [0.25, 0.3) is 11.0 Å². The molecule has 1 aliphatic rings. The van der Waals surface area contributed by atoms with Crippen LogP contribution in [0.15, 0.2) is 28.4 Å². The normalized spacial score (nSPS) is 18.3. The van der Waals surface area contributed by atoms with Crippen molar-refractivity contribution < 1.29 is 4.84 Å². The van der Waals surface area contributed by atoms with Crippen LogP contribution in [-0.2, 0) is 18.9 Å². The number of oxime groups is 1. The minimum absolute atomic E-state index is 0.0297. The fraction of sp³-hybridized carbons (Fsp3) is 0.500. The Labute approximate surface area is 215 Å². The summed E-state index contributed by atoms with van der Waals surface area (Å²) in [5.41, 5.74) is 1.74. The molecular weight excluding hydrogens is 470 g/mol. The van der Waals surface area contributed by atoms with Crippen molar-refractivity contribution in [2.75, 3.05) is 11.9 Å². The lowest BCUT2D eigenvalue weighted by molar-refractivity contribution is -0.000158. The van der Waals surface area contributed by atoms with Crippen LogP contribution < -0.4 is 10.5 Å². The second kappa shape index (κ2) is 10.0. The molecule has 4 rings (SSSR count). The number of aromatic nitrogens is 5. The van der Waals surface area contributed by atoms with Crippen molar-refractivity contribution in [3.8, 4) is 12.1 Å². The summed E-state index contributed by atoms with van der Waals surface area (Å²) in [6, 6.07) is 7.49. The SMILES string of the molecule is Cn1ncnc1/C(=N/OC(C)(C)C)[C@H]1CC[C@@H](N(C)c2c(C#N)c(=O)n(C)c3ccc(C#N)nc23)CC1. The second-order valence-corrected chi connectivity index (χ2v) is 10.4. The van der Waals surface area contributed by atoms with Gasteiger partial charge >= 0.3 is 0 Å². The van der Waals surface area contributed by atoms with Crippen LogP contribution in [0.5, 0.6) is 0 Å². The van der Waals surface area contributed by atoms with Crippen LogP contribution in [0, 0.1) is 28.6 Å². The number of fused-ring (bicyclic) bond motifs is 1. The van der Waals surface area contributed by atoms with E-state index in [0.717, 1.165) is 31.4 Å². The standard InChI is InChI=1S/C26H31N9O2/c1-26(2,3)37-32-21(24-29-15-30-35(24)6)16-7-10-18(11-8-16)33(4)23-19(14-28)25(36)34(5)20-12-9-17(13-27)31-22(20)23/h9,12,15-16,18H,7-8,10-11H2,1-6H3/b32-21+/t16-,18+. The van der Waals surface area contributed by atoms with Crippen LogP contribution in [0.2, 0.25) is 0 Å². The van der Waals surface area contributed by atoms with Crippen molar-refractivity contribution in [2.24, 2.45) is 25.2 Å². The Bertz CT molecular complexity index is 1490. The van der Waals surface area contributed by atoms with Crippen molar-refractivity contribution in [1.29, 1.82) is 10.5 Å². The molecule has 0 spiro atoms. The zero-order valence-electron chi connectivity index (χ0n) is 22.1. The maximum atomic E-state index is 13.0. The lowest BCUT2D eigenvalue weighted by Crippen LogP contribution is -2.39. The predicted octanol–water partition coefficient (Wildman–Crippen LogP) is 3.02. The molecule has 0 atom stereocenters. The van der Waals surface area contributed by atoms with Gasteiger partial charge in [0.25, 0.3) is 5.56 Å². The third-order valence-electron chi connectivity index (χ3n) is 6.78. The number of nitrogens with zero attached hydrogens (tertiary/aromatic N) is 9. The van der Waals surface area contributed by atoms with Crippen LogP contribution >= 0.6 is 0 Å². The van der Waals surface area contributed by atoms with Crippen molar-refractivity contribution >= 4 is 22.4 Å². The van der Waals surface area contributed by atoms with E-state index in [1.165, 1.54) is 10.9 Å². The molecule has 0 saturated heterocycles. The minimum atomic E-state index is -0.440. The van der Waals surface area contributed by atoms with E-state index >= 15 is 0 Å². The molecule has 11 heteroatoms. The van der Waals surface area contributed by atoms with Gasteiger partial charge in [-0.2, -0.15) is 15.6 Å². The first-order valence-electron chi connectivity index (χ1n) is 12.2. The highest BCUT2D eigenvalue weighted by atomic mass is 16.6. The quantitative estimate of drug-likeness (QED) is 0.384. The second-order valence-electron chi connectivity index (χ2n) is 10.4. The van der Waals surface area contributed by atoms with Crippen LogP contribution in [0.3, 0.4) is 0 Å². The summed E-state index contributed by atoms with van der Waals surface area (Å²) in [6.45, 7) is 5.84. The van der Waals surface area contributed by atoms with Gasteiger partial charge in [-0.25, -0.2) is 14.6 Å². The van der Waals surface area contributed by atoms with E-state index in [1.807, 2.05) is 39.8 Å². The summed E-state index contributed by atoms with van der Waals surface area (Å²) in [5.74, 6) is 0.799. The first-order chi connectivity index (χ1) is 17.6. The third-order valence-corrected chi connectivity index (χ3v) is 6.78. The van der Waals surface area contributed by atoms with Gasteiger partial charge in [0.1, 0.15) is 46.6 Å². The predicted molar refractivity (Wildman–Crippen MR) is 139 cm³/mol. The number of nitriles is 2. The summed E-state index contributed by atoms with van der Waals surface area (Å²) in [6.07, 6.45) is 4.74. The van der Waals surface area contributed by atoms with E-state index < -0.39 is 5.60 Å². The van der Waals surface area contributed by atoms with Gasteiger partial charge < -0.3 is 14.3 Å². The molecule has 0 amide bonds. The van der Waals surface area contributed by atoms with E-state index in [2.05, 4.69) is 32.4 Å². The monoisotopic (exact) mass is 501 g/mol. The Morgan fingerprint density at radius 1 is 1.16 bits per heavy atom. The van der Waals surface area contributed by atoms with Gasteiger partial charge in [-0.3, -0.25) is 4.79 Å². The molecule has 1 aliphatic carbocycles. The maximum Gasteiger partial charge on any atom is 0.270 e. The molecule has 0 aromatic carbocycles. The number of anilines is 1. The fourth-order valence-corrected chi connectivity index (χ4v) is 4.83. The maximum absolute atomic E-state index is 13.0. The molecule has 37 heavy (non-hydrogen) atoms. The molecule has 0 N–H and O–H groups in total. The lowest BCUT2D eigenvalue weighted by Gasteiger charge is -2.36. The van der Waals surface area contributed by atoms with E-state index in [4.69, 9.17) is 4.84 Å². The van der Waals surface area contributed by atoms with E-state index in [1.54, 1.807) is 23.9 Å². The molecule has 3 heterocycles.